The van der Waals surface area contributed by atoms with Gasteiger partial charge in [0, 0.05) is 13.1 Å². The monoisotopic (exact) mass is 553 g/mol. The normalized spacial score (nSPS) is 10.4. The number of hydrogen-bond donors (Lipinski definition) is 1. The lowest BCUT2D eigenvalue weighted by Crippen LogP contribution is -2.32. The van der Waals surface area contributed by atoms with Gasteiger partial charge in [-0.3, -0.25) is 4.79 Å². The number of amides is 1. The van der Waals surface area contributed by atoms with Crippen LogP contribution in [0.25, 0.3) is 0 Å². The van der Waals surface area contributed by atoms with Gasteiger partial charge >= 0.3 is 17.9 Å². The molecule has 9 nitrogen and oxygen atoms in total. The number of carbonyl (C=O) groups excluding carboxylic acids is 3. The van der Waals surface area contributed by atoms with Crippen LogP contribution in [-0.2, 0) is 22.6 Å². The van der Waals surface area contributed by atoms with Gasteiger partial charge in [-0.05, 0) is 47.5 Å². The van der Waals surface area contributed by atoms with Gasteiger partial charge in [0.25, 0.3) is 5.91 Å². The highest BCUT2D eigenvalue weighted by molar-refractivity contribution is 6.11. The minimum atomic E-state index is -1.46. The first kappa shape index (κ1) is 28.6. The fourth-order valence-corrected chi connectivity index (χ4v) is 4.19. The summed E-state index contributed by atoms with van der Waals surface area (Å²) in [6.07, 6.45) is 0. The van der Waals surface area contributed by atoms with E-state index in [0.29, 0.717) is 11.5 Å². The molecule has 4 aromatic rings. The maximum Gasteiger partial charge on any atom is 0.338 e. The van der Waals surface area contributed by atoms with Crippen molar-refractivity contribution in [2.45, 2.75) is 13.1 Å². The second-order valence-corrected chi connectivity index (χ2v) is 8.94. The molecule has 0 aliphatic heterocycles. The van der Waals surface area contributed by atoms with Crippen LogP contribution in [0.5, 0.6) is 11.5 Å². The lowest BCUT2D eigenvalue weighted by atomic mass is 9.96. The second-order valence-electron chi connectivity index (χ2n) is 8.94. The molecule has 0 heterocycles. The van der Waals surface area contributed by atoms with Crippen LogP contribution < -0.4 is 4.74 Å². The molecular weight excluding hydrogens is 526 g/mol. The Morgan fingerprint density at radius 1 is 0.610 bits per heavy atom. The Morgan fingerprint density at radius 2 is 1.07 bits per heavy atom. The van der Waals surface area contributed by atoms with Crippen LogP contribution in [0.2, 0.25) is 0 Å². The van der Waals surface area contributed by atoms with Gasteiger partial charge in [0.05, 0.1) is 36.5 Å². The number of rotatable bonds is 10. The predicted molar refractivity (Wildman–Crippen MR) is 149 cm³/mol. The topological polar surface area (TPSA) is 119 Å². The molecule has 0 aliphatic carbocycles. The molecule has 208 valence electrons. The average Bonchev–Trinajstić information content (AvgIpc) is 3.00. The largest absolute Gasteiger partial charge is 0.478 e. The molecule has 0 saturated heterocycles. The molecule has 0 radical (unpaired) electrons. The highest BCUT2D eigenvalue weighted by Crippen LogP contribution is 2.25. The zero-order valence-electron chi connectivity index (χ0n) is 22.4. The quantitative estimate of drug-likeness (QED) is 0.252. The standard InChI is InChI=1S/C32H27NO8/c1-39-31(37)27-18-28(32(38)40-2)26(30(35)36)17-25(27)29(34)33(19-21-9-5-3-6-10-21)20-22-13-15-24(16-14-22)41-23-11-7-4-8-12-23/h3-18H,19-20H2,1-2H3,(H,35,36). The summed E-state index contributed by atoms with van der Waals surface area (Å²) >= 11 is 0. The Hall–Kier alpha value is -5.44. The number of aromatic carboxylic acids is 1. The molecule has 4 aromatic carbocycles. The van der Waals surface area contributed by atoms with Crippen molar-refractivity contribution >= 4 is 23.8 Å². The Kier molecular flexibility index (Phi) is 9.11. The van der Waals surface area contributed by atoms with Gasteiger partial charge in [-0.15, -0.1) is 0 Å². The van der Waals surface area contributed by atoms with E-state index < -0.39 is 29.4 Å². The molecule has 4 rings (SSSR count). The number of esters is 2. The third kappa shape index (κ3) is 6.96. The zero-order chi connectivity index (χ0) is 29.4. The first-order valence-electron chi connectivity index (χ1n) is 12.5. The van der Waals surface area contributed by atoms with Crippen LogP contribution in [0.1, 0.15) is 52.6 Å². The predicted octanol–water partition coefficient (Wildman–Crippen LogP) is 5.59. The van der Waals surface area contributed by atoms with E-state index in [2.05, 4.69) is 4.74 Å². The van der Waals surface area contributed by atoms with Crippen molar-refractivity contribution in [3.63, 3.8) is 0 Å². The van der Waals surface area contributed by atoms with Crippen LogP contribution in [0.3, 0.4) is 0 Å². The zero-order valence-corrected chi connectivity index (χ0v) is 22.4. The van der Waals surface area contributed by atoms with Crippen molar-refractivity contribution in [3.8, 4) is 11.5 Å². The van der Waals surface area contributed by atoms with Gasteiger partial charge in [-0.25, -0.2) is 14.4 Å². The molecule has 1 N–H and O–H groups in total. The first-order chi connectivity index (χ1) is 19.8. The molecule has 0 aromatic heterocycles. The Labute approximate surface area is 236 Å². The molecule has 0 spiro atoms. The Balaban J connectivity index is 1.72. The van der Waals surface area contributed by atoms with Crippen molar-refractivity contribution in [2.24, 2.45) is 0 Å². The second kappa shape index (κ2) is 13.1. The van der Waals surface area contributed by atoms with Crippen molar-refractivity contribution in [1.82, 2.24) is 4.90 Å². The van der Waals surface area contributed by atoms with Crippen molar-refractivity contribution in [3.05, 3.63) is 130 Å². The molecule has 41 heavy (non-hydrogen) atoms. The lowest BCUT2D eigenvalue weighted by molar-refractivity contribution is 0.0574. The fourth-order valence-electron chi connectivity index (χ4n) is 4.19. The van der Waals surface area contributed by atoms with Gasteiger partial charge in [-0.1, -0.05) is 60.7 Å². The molecule has 0 fully saturated rings. The number of ether oxygens (including phenoxy) is 3. The Morgan fingerprint density at radius 3 is 1.61 bits per heavy atom. The summed E-state index contributed by atoms with van der Waals surface area (Å²) in [5.41, 5.74) is 0.248. The number of nitrogens with zero attached hydrogens (tertiary/aromatic N) is 1. The summed E-state index contributed by atoms with van der Waals surface area (Å²) in [5.74, 6) is -2.67. The highest BCUT2D eigenvalue weighted by Gasteiger charge is 2.29. The summed E-state index contributed by atoms with van der Waals surface area (Å²) < 4.78 is 15.4. The van der Waals surface area contributed by atoms with E-state index in [9.17, 15) is 24.3 Å². The van der Waals surface area contributed by atoms with Crippen LogP contribution in [0.4, 0.5) is 0 Å². The molecule has 0 unspecified atom stereocenters. The lowest BCUT2D eigenvalue weighted by Gasteiger charge is -2.25. The minimum Gasteiger partial charge on any atom is -0.478 e. The van der Waals surface area contributed by atoms with Gasteiger partial charge < -0.3 is 24.2 Å². The van der Waals surface area contributed by atoms with Crippen molar-refractivity contribution < 1.29 is 38.5 Å². The van der Waals surface area contributed by atoms with Crippen LogP contribution in [-0.4, -0.2) is 48.0 Å². The van der Waals surface area contributed by atoms with Gasteiger partial charge in [0.1, 0.15) is 11.5 Å². The van der Waals surface area contributed by atoms with E-state index in [0.717, 1.165) is 37.5 Å². The molecular formula is C32H27NO8. The summed E-state index contributed by atoms with van der Waals surface area (Å²) in [7, 11) is 2.21. The van der Waals surface area contributed by atoms with Crippen LogP contribution in [0, 0.1) is 0 Å². The van der Waals surface area contributed by atoms with Crippen LogP contribution in [0.15, 0.2) is 97.1 Å². The van der Waals surface area contributed by atoms with E-state index in [1.807, 2.05) is 72.8 Å². The van der Waals surface area contributed by atoms with E-state index in [-0.39, 0.29) is 29.8 Å². The number of carboxylic acid groups (broad SMARTS) is 1. The molecule has 0 atom stereocenters. The number of methoxy groups -OCH3 is 2. The smallest absolute Gasteiger partial charge is 0.338 e. The van der Waals surface area contributed by atoms with E-state index in [1.165, 1.54) is 4.90 Å². The summed E-state index contributed by atoms with van der Waals surface area (Å²) in [6.45, 7) is 0.283. The molecule has 9 heteroatoms. The van der Waals surface area contributed by atoms with Gasteiger partial charge in [-0.2, -0.15) is 0 Å². The Bertz CT molecular complexity index is 1550. The first-order valence-corrected chi connectivity index (χ1v) is 12.5. The number of para-hydroxylation sites is 1. The minimum absolute atomic E-state index is 0.126. The maximum absolute atomic E-state index is 14.0. The van der Waals surface area contributed by atoms with Crippen molar-refractivity contribution in [1.29, 1.82) is 0 Å². The third-order valence-corrected chi connectivity index (χ3v) is 6.21. The fraction of sp³-hybridized carbons (Fsp3) is 0.125. The summed E-state index contributed by atoms with van der Waals surface area (Å²) in [6, 6.07) is 27.7. The molecule has 1 amide bonds. The van der Waals surface area contributed by atoms with Gasteiger partial charge in [0.2, 0.25) is 0 Å². The maximum atomic E-state index is 14.0. The van der Waals surface area contributed by atoms with E-state index in [1.54, 1.807) is 12.1 Å². The summed E-state index contributed by atoms with van der Waals surface area (Å²) in [4.78, 5) is 52.5. The average molecular weight is 554 g/mol. The van der Waals surface area contributed by atoms with E-state index >= 15 is 0 Å². The summed E-state index contributed by atoms with van der Waals surface area (Å²) in [5, 5.41) is 9.78. The number of hydrogen-bond acceptors (Lipinski definition) is 7. The van der Waals surface area contributed by atoms with Crippen molar-refractivity contribution in [2.75, 3.05) is 14.2 Å². The number of carbonyl (C=O) groups is 4. The molecule has 0 aliphatic rings. The number of benzene rings is 4. The molecule has 0 saturated carbocycles. The van der Waals surface area contributed by atoms with E-state index in [4.69, 9.17) is 9.47 Å². The third-order valence-electron chi connectivity index (χ3n) is 6.21. The molecule has 0 bridgehead atoms. The highest BCUT2D eigenvalue weighted by atomic mass is 16.5. The van der Waals surface area contributed by atoms with Crippen LogP contribution >= 0.6 is 0 Å². The number of carboxylic acids is 1. The SMILES string of the molecule is COC(=O)c1cc(C(=O)OC)c(C(=O)N(Cc2ccccc2)Cc2ccc(Oc3ccccc3)cc2)cc1C(=O)O. The van der Waals surface area contributed by atoms with Gasteiger partial charge in [0.15, 0.2) is 0 Å².